The van der Waals surface area contributed by atoms with Crippen molar-refractivity contribution in [3.05, 3.63) is 41.7 Å². The number of amides is 1. The molecule has 3 heterocycles. The van der Waals surface area contributed by atoms with Crippen LogP contribution >= 0.6 is 0 Å². The van der Waals surface area contributed by atoms with Gasteiger partial charge in [-0.25, -0.2) is 0 Å². The summed E-state index contributed by atoms with van der Waals surface area (Å²) in [6.45, 7) is 1.74. The number of ether oxygens (including phenoxy) is 2. The number of benzene rings is 1. The van der Waals surface area contributed by atoms with Gasteiger partial charge in [-0.15, -0.1) is 0 Å². The molecule has 4 rings (SSSR count). The molecule has 1 aromatic carbocycles. The second-order valence-electron chi connectivity index (χ2n) is 5.85. The number of piperidine rings is 1. The minimum absolute atomic E-state index is 0.00773. The van der Waals surface area contributed by atoms with E-state index < -0.39 is 0 Å². The number of rotatable bonds is 2. The molecule has 0 aliphatic carbocycles. The summed E-state index contributed by atoms with van der Waals surface area (Å²) in [5.74, 6) is 1.21. The van der Waals surface area contributed by atoms with Crippen LogP contribution in [0.4, 0.5) is 0 Å². The van der Waals surface area contributed by atoms with Gasteiger partial charge in [-0.3, -0.25) is 9.89 Å². The Labute approximate surface area is 134 Å². The summed E-state index contributed by atoms with van der Waals surface area (Å²) in [5, 5.41) is 7.03. The van der Waals surface area contributed by atoms with Crippen molar-refractivity contribution in [2.24, 2.45) is 0 Å². The van der Waals surface area contributed by atoms with Gasteiger partial charge in [-0.1, -0.05) is 6.07 Å². The molecule has 0 radical (unpaired) electrons. The maximum Gasteiger partial charge on any atom is 0.258 e. The van der Waals surface area contributed by atoms with E-state index in [2.05, 4.69) is 10.2 Å². The van der Waals surface area contributed by atoms with Gasteiger partial charge in [0.05, 0.1) is 17.3 Å². The van der Waals surface area contributed by atoms with E-state index in [1.165, 1.54) is 0 Å². The highest BCUT2D eigenvalue weighted by molar-refractivity contribution is 5.98. The number of aromatic amines is 1. The highest BCUT2D eigenvalue weighted by Gasteiger charge is 2.32. The third-order valence-corrected chi connectivity index (χ3v) is 4.44. The molecule has 2 aliphatic heterocycles. The lowest BCUT2D eigenvalue weighted by Gasteiger charge is -2.35. The lowest BCUT2D eigenvalue weighted by Crippen LogP contribution is -2.39. The largest absolute Gasteiger partial charge is 0.486 e. The van der Waals surface area contributed by atoms with Crippen LogP contribution in [0.3, 0.4) is 0 Å². The van der Waals surface area contributed by atoms with E-state index >= 15 is 0 Å². The van der Waals surface area contributed by atoms with Crippen molar-refractivity contribution in [1.82, 2.24) is 15.1 Å². The summed E-state index contributed by atoms with van der Waals surface area (Å²) in [6, 6.07) is 7.48. The number of nitrogens with zero attached hydrogens (tertiary/aromatic N) is 2. The van der Waals surface area contributed by atoms with Crippen LogP contribution in [0.15, 0.2) is 30.5 Å². The molecular weight excluding hydrogens is 294 g/mol. The fourth-order valence-electron chi connectivity index (χ4n) is 3.35. The highest BCUT2D eigenvalue weighted by Crippen LogP contribution is 2.37. The molecule has 1 N–H and O–H groups in total. The predicted octanol–water partition coefficient (Wildman–Crippen LogP) is 2.55. The average Bonchev–Trinajstić information content (AvgIpc) is 3.15. The normalized spacial score (nSPS) is 20.3. The zero-order chi connectivity index (χ0) is 15.6. The Balaban J connectivity index is 1.67. The molecule has 1 fully saturated rings. The number of fused-ring (bicyclic) bond motifs is 1. The zero-order valence-electron chi connectivity index (χ0n) is 12.8. The minimum atomic E-state index is -0.00773. The van der Waals surface area contributed by atoms with Gasteiger partial charge in [0.1, 0.15) is 13.2 Å². The third kappa shape index (κ3) is 2.54. The van der Waals surface area contributed by atoms with Gasteiger partial charge in [0.2, 0.25) is 0 Å². The second kappa shape index (κ2) is 5.95. The number of carbonyl (C=O) groups is 1. The van der Waals surface area contributed by atoms with Gasteiger partial charge >= 0.3 is 0 Å². The van der Waals surface area contributed by atoms with E-state index in [0.717, 1.165) is 31.5 Å². The van der Waals surface area contributed by atoms with E-state index in [4.69, 9.17) is 9.47 Å². The standard InChI is InChI=1S/C17H19N3O3/c21-17(12-4-3-6-15-16(12)23-11-10-22-15)20-9-2-1-5-14(20)13-7-8-18-19-13/h3-4,6-8,14H,1-2,5,9-11H2,(H,18,19)/t14-/m0/s1. The zero-order valence-corrected chi connectivity index (χ0v) is 12.8. The molecule has 0 unspecified atom stereocenters. The Hall–Kier alpha value is -2.50. The molecule has 1 saturated heterocycles. The molecule has 6 nitrogen and oxygen atoms in total. The molecule has 1 aromatic heterocycles. The summed E-state index contributed by atoms with van der Waals surface area (Å²) in [5.41, 5.74) is 1.56. The molecule has 0 saturated carbocycles. The summed E-state index contributed by atoms with van der Waals surface area (Å²) < 4.78 is 11.3. The van der Waals surface area contributed by atoms with Crippen molar-refractivity contribution in [2.75, 3.05) is 19.8 Å². The Bertz CT molecular complexity index is 699. The number of nitrogens with one attached hydrogen (secondary N) is 1. The van der Waals surface area contributed by atoms with Crippen LogP contribution in [0.1, 0.15) is 41.4 Å². The molecule has 1 amide bonds. The van der Waals surface area contributed by atoms with Gasteiger partial charge in [0.25, 0.3) is 5.91 Å². The summed E-state index contributed by atoms with van der Waals surface area (Å²) in [7, 11) is 0. The molecule has 0 bridgehead atoms. The first kappa shape index (κ1) is 14.1. The Morgan fingerprint density at radius 2 is 2.13 bits per heavy atom. The third-order valence-electron chi connectivity index (χ3n) is 4.44. The van der Waals surface area contributed by atoms with E-state index in [-0.39, 0.29) is 11.9 Å². The van der Waals surface area contributed by atoms with Crippen molar-refractivity contribution in [2.45, 2.75) is 25.3 Å². The molecule has 2 aromatic rings. The predicted molar refractivity (Wildman–Crippen MR) is 83.6 cm³/mol. The van der Waals surface area contributed by atoms with E-state index in [1.54, 1.807) is 6.20 Å². The van der Waals surface area contributed by atoms with E-state index in [0.29, 0.717) is 30.3 Å². The van der Waals surface area contributed by atoms with Crippen LogP contribution in [0.25, 0.3) is 0 Å². The molecule has 23 heavy (non-hydrogen) atoms. The van der Waals surface area contributed by atoms with Crippen molar-refractivity contribution in [3.8, 4) is 11.5 Å². The first-order chi connectivity index (χ1) is 11.3. The highest BCUT2D eigenvalue weighted by atomic mass is 16.6. The summed E-state index contributed by atoms with van der Waals surface area (Å²) in [6.07, 6.45) is 4.80. The van der Waals surface area contributed by atoms with Crippen molar-refractivity contribution in [3.63, 3.8) is 0 Å². The number of H-pyrrole nitrogens is 1. The van der Waals surface area contributed by atoms with Crippen LogP contribution in [0.2, 0.25) is 0 Å². The molecule has 2 aliphatic rings. The smallest absolute Gasteiger partial charge is 0.258 e. The van der Waals surface area contributed by atoms with E-state index in [9.17, 15) is 4.79 Å². The summed E-state index contributed by atoms with van der Waals surface area (Å²) >= 11 is 0. The van der Waals surface area contributed by atoms with E-state index in [1.807, 2.05) is 29.2 Å². The number of likely N-dealkylation sites (tertiary alicyclic amines) is 1. The lowest BCUT2D eigenvalue weighted by molar-refractivity contribution is 0.0596. The van der Waals surface area contributed by atoms with Crippen LogP contribution in [-0.2, 0) is 0 Å². The van der Waals surface area contributed by atoms with Crippen LogP contribution < -0.4 is 9.47 Å². The second-order valence-corrected chi connectivity index (χ2v) is 5.85. The number of hydrogen-bond donors (Lipinski definition) is 1. The van der Waals surface area contributed by atoms with Crippen LogP contribution in [-0.4, -0.2) is 40.8 Å². The molecule has 120 valence electrons. The number of para-hydroxylation sites is 1. The maximum atomic E-state index is 13.1. The molecule has 6 heteroatoms. The van der Waals surface area contributed by atoms with Gasteiger partial charge in [-0.2, -0.15) is 5.10 Å². The number of aromatic nitrogens is 2. The minimum Gasteiger partial charge on any atom is -0.486 e. The Kier molecular flexibility index (Phi) is 3.65. The SMILES string of the molecule is O=C(c1cccc2c1OCCO2)N1CCCC[C@H]1c1ccn[nH]1. The average molecular weight is 313 g/mol. The van der Waals surface area contributed by atoms with Gasteiger partial charge in [0, 0.05) is 12.7 Å². The number of carbonyl (C=O) groups excluding carboxylic acids is 1. The molecule has 0 spiro atoms. The molecular formula is C17H19N3O3. The van der Waals surface area contributed by atoms with Crippen molar-refractivity contribution < 1.29 is 14.3 Å². The van der Waals surface area contributed by atoms with Crippen LogP contribution in [0, 0.1) is 0 Å². The molecule has 1 atom stereocenters. The van der Waals surface area contributed by atoms with Gasteiger partial charge in [-0.05, 0) is 37.5 Å². The lowest BCUT2D eigenvalue weighted by atomic mass is 9.98. The fraction of sp³-hybridized carbons (Fsp3) is 0.412. The topological polar surface area (TPSA) is 67.5 Å². The fourth-order valence-corrected chi connectivity index (χ4v) is 3.35. The van der Waals surface area contributed by atoms with Crippen molar-refractivity contribution in [1.29, 1.82) is 0 Å². The Morgan fingerprint density at radius 1 is 1.22 bits per heavy atom. The first-order valence-corrected chi connectivity index (χ1v) is 8.03. The number of hydrogen-bond acceptors (Lipinski definition) is 4. The van der Waals surface area contributed by atoms with Gasteiger partial charge < -0.3 is 14.4 Å². The summed E-state index contributed by atoms with van der Waals surface area (Å²) in [4.78, 5) is 15.1. The Morgan fingerprint density at radius 3 is 3.00 bits per heavy atom. The van der Waals surface area contributed by atoms with Gasteiger partial charge in [0.15, 0.2) is 11.5 Å². The van der Waals surface area contributed by atoms with Crippen molar-refractivity contribution >= 4 is 5.91 Å². The monoisotopic (exact) mass is 313 g/mol. The quantitative estimate of drug-likeness (QED) is 0.925. The maximum absolute atomic E-state index is 13.1. The first-order valence-electron chi connectivity index (χ1n) is 8.03. The van der Waals surface area contributed by atoms with Crippen LogP contribution in [0.5, 0.6) is 11.5 Å².